The van der Waals surface area contributed by atoms with Gasteiger partial charge in [0.25, 0.3) is 5.91 Å². The summed E-state index contributed by atoms with van der Waals surface area (Å²) in [6.45, 7) is 1.79. The van der Waals surface area contributed by atoms with Crippen LogP contribution < -0.4 is 5.56 Å². The second kappa shape index (κ2) is 12.0. The Morgan fingerprint density at radius 1 is 1.11 bits per heavy atom. The third-order valence-corrected chi connectivity index (χ3v) is 7.89. The zero-order chi connectivity index (χ0) is 27.4. The predicted octanol–water partition coefficient (Wildman–Crippen LogP) is 5.37. The van der Waals surface area contributed by atoms with Crippen LogP contribution in [0.2, 0.25) is 5.02 Å². The van der Waals surface area contributed by atoms with E-state index in [1.807, 2.05) is 12.1 Å². The lowest BCUT2D eigenvalue weighted by Gasteiger charge is -2.35. The van der Waals surface area contributed by atoms with Gasteiger partial charge in [0.2, 0.25) is 5.56 Å². The third kappa shape index (κ3) is 6.03. The van der Waals surface area contributed by atoms with Gasteiger partial charge in [-0.1, -0.05) is 41.0 Å². The molecule has 1 aromatic heterocycles. The van der Waals surface area contributed by atoms with Gasteiger partial charge < -0.3 is 14.4 Å². The molecule has 0 spiro atoms. The van der Waals surface area contributed by atoms with Crippen molar-refractivity contribution in [3.63, 3.8) is 0 Å². The molecule has 0 radical (unpaired) electrons. The van der Waals surface area contributed by atoms with Crippen LogP contribution in [0.3, 0.4) is 0 Å². The number of amides is 1. The van der Waals surface area contributed by atoms with Crippen molar-refractivity contribution < 1.29 is 9.18 Å². The highest BCUT2D eigenvalue weighted by molar-refractivity contribution is 6.31. The van der Waals surface area contributed by atoms with Crippen molar-refractivity contribution in [2.45, 2.75) is 37.3 Å². The average molecular weight is 539 g/mol. The molecule has 9 heteroatoms. The molecule has 38 heavy (non-hydrogen) atoms. The number of piperidine rings is 1. The van der Waals surface area contributed by atoms with E-state index >= 15 is 4.39 Å². The van der Waals surface area contributed by atoms with Crippen molar-refractivity contribution in [1.29, 1.82) is 0 Å². The number of hydrogen-bond acceptors (Lipinski definition) is 5. The molecule has 0 saturated carbocycles. The van der Waals surface area contributed by atoms with Crippen LogP contribution in [-0.4, -0.2) is 53.5 Å². The van der Waals surface area contributed by atoms with Gasteiger partial charge in [0, 0.05) is 43.3 Å². The molecule has 1 amide bonds. The van der Waals surface area contributed by atoms with Crippen molar-refractivity contribution in [2.75, 3.05) is 27.2 Å². The summed E-state index contributed by atoms with van der Waals surface area (Å²) in [6.07, 6.45) is 3.48. The quantitative estimate of drug-likeness (QED) is 0.361. The van der Waals surface area contributed by atoms with Crippen molar-refractivity contribution in [2.24, 2.45) is 12.2 Å². The summed E-state index contributed by atoms with van der Waals surface area (Å²) in [5.74, 6) is -1.45. The summed E-state index contributed by atoms with van der Waals surface area (Å²) in [6, 6.07) is 14.0. The van der Waals surface area contributed by atoms with Crippen LogP contribution in [0.1, 0.15) is 58.3 Å². The van der Waals surface area contributed by atoms with Crippen molar-refractivity contribution in [1.82, 2.24) is 14.4 Å². The minimum absolute atomic E-state index is 0.0104. The van der Waals surface area contributed by atoms with Gasteiger partial charge in [-0.2, -0.15) is 4.91 Å². The number of carbonyl (C=O) groups is 1. The van der Waals surface area contributed by atoms with Gasteiger partial charge in [-0.05, 0) is 80.4 Å². The van der Waals surface area contributed by atoms with Crippen LogP contribution in [-0.2, 0) is 7.05 Å². The molecule has 0 bridgehead atoms. The van der Waals surface area contributed by atoms with Gasteiger partial charge in [-0.25, -0.2) is 4.39 Å². The minimum Gasteiger partial charge on any atom is -0.339 e. The Labute approximate surface area is 226 Å². The zero-order valence-corrected chi connectivity index (χ0v) is 22.6. The first kappa shape index (κ1) is 27.7. The third-order valence-electron chi connectivity index (χ3n) is 7.54. The van der Waals surface area contributed by atoms with E-state index in [-0.39, 0.29) is 29.5 Å². The lowest BCUT2D eigenvalue weighted by molar-refractivity contribution is 0.0655. The molecule has 200 valence electrons. The number of aryl methyl sites for hydroxylation is 1. The highest BCUT2D eigenvalue weighted by Crippen LogP contribution is 2.39. The van der Waals surface area contributed by atoms with Crippen LogP contribution in [0.25, 0.3) is 0 Å². The Hall–Kier alpha value is -3.36. The van der Waals surface area contributed by atoms with Crippen molar-refractivity contribution >= 4 is 17.5 Å². The first-order valence-electron chi connectivity index (χ1n) is 12.7. The smallest absolute Gasteiger partial charge is 0.256 e. The van der Waals surface area contributed by atoms with Crippen LogP contribution in [0.5, 0.6) is 0 Å². The maximum Gasteiger partial charge on any atom is 0.256 e. The molecule has 7 nitrogen and oxygen atoms in total. The van der Waals surface area contributed by atoms with Crippen LogP contribution >= 0.6 is 11.6 Å². The minimum atomic E-state index is -0.803. The Morgan fingerprint density at radius 2 is 1.79 bits per heavy atom. The van der Waals surface area contributed by atoms with E-state index in [0.717, 1.165) is 31.5 Å². The van der Waals surface area contributed by atoms with Gasteiger partial charge in [-0.15, -0.1) is 0 Å². The number of nitrogens with zero attached hydrogens (tertiary/aromatic N) is 4. The Morgan fingerprint density at radius 3 is 2.42 bits per heavy atom. The Kier molecular flexibility index (Phi) is 8.74. The number of hydrogen-bond donors (Lipinski definition) is 0. The van der Waals surface area contributed by atoms with Gasteiger partial charge in [-0.3, -0.25) is 9.59 Å². The van der Waals surface area contributed by atoms with Crippen molar-refractivity contribution in [3.05, 3.63) is 109 Å². The standard InChI is InChI=1S/C29H32ClFN4O3/c1-33-14-12-21(13-15-33)35(3)29(37)23-10-8-19(16-26(23)31)24(22-6-4-5-7-25(22)30)17-27(32-38)20-9-11-28(36)34(2)18-20/h4-11,16,18,21,24,27H,12-15,17H2,1-3H3. The largest absolute Gasteiger partial charge is 0.339 e. The molecule has 2 heterocycles. The molecule has 1 aliphatic rings. The van der Waals surface area contributed by atoms with Crippen LogP contribution in [0.15, 0.2) is 70.8 Å². The molecule has 1 fully saturated rings. The number of aromatic nitrogens is 1. The molecule has 3 aromatic rings. The molecule has 2 unspecified atom stereocenters. The summed E-state index contributed by atoms with van der Waals surface area (Å²) in [4.78, 5) is 40.8. The van der Waals surface area contributed by atoms with Crippen LogP contribution in [0, 0.1) is 10.7 Å². The normalized spacial score (nSPS) is 16.1. The van der Waals surface area contributed by atoms with Crippen LogP contribution in [0.4, 0.5) is 4.39 Å². The van der Waals surface area contributed by atoms with E-state index in [1.54, 1.807) is 49.5 Å². The molecule has 0 aliphatic carbocycles. The summed E-state index contributed by atoms with van der Waals surface area (Å²) < 4.78 is 16.9. The monoisotopic (exact) mass is 538 g/mol. The van der Waals surface area contributed by atoms with Gasteiger partial charge >= 0.3 is 0 Å². The summed E-state index contributed by atoms with van der Waals surface area (Å²) in [7, 11) is 5.38. The maximum atomic E-state index is 15.5. The molecular formula is C29H32ClFN4O3. The summed E-state index contributed by atoms with van der Waals surface area (Å²) in [5, 5.41) is 3.81. The van der Waals surface area contributed by atoms with E-state index in [2.05, 4.69) is 17.1 Å². The number of nitroso groups, excluding NO2 is 1. The maximum absolute atomic E-state index is 15.5. The number of benzene rings is 2. The van der Waals surface area contributed by atoms with E-state index in [1.165, 1.54) is 22.8 Å². The number of halogens is 2. The summed E-state index contributed by atoms with van der Waals surface area (Å²) in [5.41, 5.74) is 1.68. The van der Waals surface area contributed by atoms with Crippen molar-refractivity contribution in [3.8, 4) is 0 Å². The first-order chi connectivity index (χ1) is 18.2. The molecule has 0 N–H and O–H groups in total. The second-order valence-corrected chi connectivity index (χ2v) is 10.4. The SMILES string of the molecule is CN1CCC(N(C)C(=O)c2ccc(C(CC(N=O)c3ccc(=O)n(C)c3)c3ccccc3Cl)cc2F)CC1. The average Bonchev–Trinajstić information content (AvgIpc) is 2.91. The van der Waals surface area contributed by atoms with E-state index in [0.29, 0.717) is 16.1 Å². The fourth-order valence-electron chi connectivity index (χ4n) is 5.14. The fraction of sp³-hybridized carbons (Fsp3) is 0.379. The highest BCUT2D eigenvalue weighted by atomic mass is 35.5. The molecule has 2 atom stereocenters. The highest BCUT2D eigenvalue weighted by Gasteiger charge is 2.28. The number of pyridine rings is 1. The Bertz CT molecular complexity index is 1370. The van der Waals surface area contributed by atoms with E-state index < -0.39 is 17.8 Å². The lowest BCUT2D eigenvalue weighted by Crippen LogP contribution is -2.44. The zero-order valence-electron chi connectivity index (χ0n) is 21.8. The molecular weight excluding hydrogens is 507 g/mol. The molecule has 4 rings (SSSR count). The first-order valence-corrected chi connectivity index (χ1v) is 13.1. The lowest BCUT2D eigenvalue weighted by atomic mass is 9.84. The predicted molar refractivity (Wildman–Crippen MR) is 147 cm³/mol. The summed E-state index contributed by atoms with van der Waals surface area (Å²) >= 11 is 6.53. The topological polar surface area (TPSA) is 75.0 Å². The van der Waals surface area contributed by atoms with E-state index in [4.69, 9.17) is 11.6 Å². The molecule has 1 aliphatic heterocycles. The molecule has 1 saturated heterocycles. The van der Waals surface area contributed by atoms with E-state index in [9.17, 15) is 14.5 Å². The van der Waals surface area contributed by atoms with Gasteiger partial charge in [0.1, 0.15) is 11.9 Å². The molecule has 2 aromatic carbocycles. The van der Waals surface area contributed by atoms with Gasteiger partial charge in [0.15, 0.2) is 0 Å². The number of likely N-dealkylation sites (tertiary alicyclic amines) is 1. The fourth-order valence-corrected chi connectivity index (χ4v) is 5.40. The number of rotatable bonds is 8. The van der Waals surface area contributed by atoms with Gasteiger partial charge in [0.05, 0.1) is 5.56 Å². The number of carbonyl (C=O) groups excluding carboxylic acids is 1. The second-order valence-electron chi connectivity index (χ2n) is 10.0. The Balaban J connectivity index is 1.66.